The van der Waals surface area contributed by atoms with Crippen LogP contribution in [-0.2, 0) is 9.59 Å². The third-order valence-corrected chi connectivity index (χ3v) is 6.49. The molecule has 2 aliphatic heterocycles. The van der Waals surface area contributed by atoms with Gasteiger partial charge in [-0.15, -0.1) is 0 Å². The number of benzene rings is 2. The van der Waals surface area contributed by atoms with Crippen molar-refractivity contribution in [1.29, 1.82) is 0 Å². The van der Waals surface area contributed by atoms with Crippen LogP contribution in [0.2, 0.25) is 10.0 Å². The minimum absolute atomic E-state index is 0.0237. The van der Waals surface area contributed by atoms with Gasteiger partial charge in [0.25, 0.3) is 5.91 Å². The molecule has 2 aromatic carbocycles. The minimum atomic E-state index is -0.646. The fraction of sp³-hybridized carbons (Fsp3) is 0.391. The van der Waals surface area contributed by atoms with Crippen molar-refractivity contribution in [1.82, 2.24) is 4.90 Å². The van der Waals surface area contributed by atoms with Gasteiger partial charge < -0.3 is 19.9 Å². The Morgan fingerprint density at radius 1 is 1.10 bits per heavy atom. The van der Waals surface area contributed by atoms with Crippen LogP contribution < -0.4 is 15.0 Å². The first-order valence-electron chi connectivity index (χ1n) is 10.5. The fourth-order valence-corrected chi connectivity index (χ4v) is 4.49. The number of piperidine rings is 1. The molecule has 164 valence electrons. The van der Waals surface area contributed by atoms with Crippen LogP contribution in [0.1, 0.15) is 24.8 Å². The third-order valence-electron chi connectivity index (χ3n) is 5.69. The zero-order chi connectivity index (χ0) is 22.0. The van der Waals surface area contributed by atoms with Gasteiger partial charge >= 0.3 is 0 Å². The van der Waals surface area contributed by atoms with Crippen LogP contribution in [-0.4, -0.2) is 49.0 Å². The fourth-order valence-electron chi connectivity index (χ4n) is 4.03. The van der Waals surface area contributed by atoms with Crippen molar-refractivity contribution in [3.63, 3.8) is 0 Å². The van der Waals surface area contributed by atoms with Crippen LogP contribution in [0.25, 0.3) is 0 Å². The van der Waals surface area contributed by atoms with Crippen LogP contribution in [0.4, 0.5) is 11.4 Å². The number of aryl methyl sites for hydroxylation is 1. The second-order valence-electron chi connectivity index (χ2n) is 7.94. The van der Waals surface area contributed by atoms with Crippen LogP contribution in [0.5, 0.6) is 5.75 Å². The van der Waals surface area contributed by atoms with E-state index in [1.165, 1.54) is 0 Å². The van der Waals surface area contributed by atoms with Crippen LogP contribution in [0.15, 0.2) is 36.4 Å². The number of nitrogens with one attached hydrogen (secondary N) is 1. The van der Waals surface area contributed by atoms with E-state index in [-0.39, 0.29) is 18.4 Å². The quantitative estimate of drug-likeness (QED) is 0.726. The summed E-state index contributed by atoms with van der Waals surface area (Å²) in [5, 5.41) is 3.62. The summed E-state index contributed by atoms with van der Waals surface area (Å²) in [4.78, 5) is 29.7. The summed E-state index contributed by atoms with van der Waals surface area (Å²) < 4.78 is 6.02. The molecule has 0 bridgehead atoms. The molecule has 2 amide bonds. The number of ether oxygens (including phenoxy) is 1. The molecule has 2 aliphatic rings. The number of hydrogen-bond donors (Lipinski definition) is 1. The lowest BCUT2D eigenvalue weighted by molar-refractivity contribution is -0.139. The van der Waals surface area contributed by atoms with E-state index in [0.717, 1.165) is 43.6 Å². The second kappa shape index (κ2) is 9.37. The zero-order valence-electron chi connectivity index (χ0n) is 17.4. The largest absolute Gasteiger partial charge is 0.477 e. The summed E-state index contributed by atoms with van der Waals surface area (Å²) in [5.74, 6) is 0.309. The Morgan fingerprint density at radius 2 is 1.84 bits per heavy atom. The SMILES string of the molecule is Cc1ccc(Cl)c(NC(=O)CN2C[C@@H](C(=O)N3CCCCC3)Oc3ccccc32)c1Cl. The molecule has 0 aromatic heterocycles. The molecule has 0 saturated carbocycles. The number of para-hydroxylation sites is 2. The van der Waals surface area contributed by atoms with Gasteiger partial charge in [0.1, 0.15) is 5.75 Å². The summed E-state index contributed by atoms with van der Waals surface area (Å²) in [7, 11) is 0. The minimum Gasteiger partial charge on any atom is -0.477 e. The number of anilines is 2. The van der Waals surface area contributed by atoms with Crippen molar-refractivity contribution in [2.75, 3.05) is 36.4 Å². The molecule has 4 rings (SSSR count). The van der Waals surface area contributed by atoms with E-state index in [4.69, 9.17) is 27.9 Å². The molecule has 0 radical (unpaired) electrons. The topological polar surface area (TPSA) is 61.9 Å². The first-order chi connectivity index (χ1) is 14.9. The molecule has 2 heterocycles. The number of carbonyl (C=O) groups is 2. The molecule has 8 heteroatoms. The lowest BCUT2D eigenvalue weighted by Crippen LogP contribution is -2.52. The number of nitrogens with zero attached hydrogens (tertiary/aromatic N) is 2. The maximum Gasteiger partial charge on any atom is 0.265 e. The highest BCUT2D eigenvalue weighted by molar-refractivity contribution is 6.40. The summed E-state index contributed by atoms with van der Waals surface area (Å²) in [6, 6.07) is 11.0. The van der Waals surface area contributed by atoms with Crippen LogP contribution in [0.3, 0.4) is 0 Å². The molecule has 0 aliphatic carbocycles. The van der Waals surface area contributed by atoms with Gasteiger partial charge in [-0.05, 0) is 49.9 Å². The van der Waals surface area contributed by atoms with Crippen molar-refractivity contribution >= 4 is 46.4 Å². The van der Waals surface area contributed by atoms with Gasteiger partial charge in [0.15, 0.2) is 6.10 Å². The van der Waals surface area contributed by atoms with Gasteiger partial charge in [0, 0.05) is 13.1 Å². The molecule has 1 saturated heterocycles. The average Bonchev–Trinajstić information content (AvgIpc) is 2.79. The maximum atomic E-state index is 13.1. The Balaban J connectivity index is 1.52. The highest BCUT2D eigenvalue weighted by Crippen LogP contribution is 2.35. The van der Waals surface area contributed by atoms with E-state index in [2.05, 4.69) is 5.32 Å². The van der Waals surface area contributed by atoms with E-state index >= 15 is 0 Å². The second-order valence-corrected chi connectivity index (χ2v) is 8.73. The van der Waals surface area contributed by atoms with Gasteiger partial charge in [-0.25, -0.2) is 0 Å². The zero-order valence-corrected chi connectivity index (χ0v) is 18.9. The molecule has 1 N–H and O–H groups in total. The van der Waals surface area contributed by atoms with Gasteiger partial charge in [0.05, 0.1) is 34.5 Å². The van der Waals surface area contributed by atoms with Crippen molar-refractivity contribution < 1.29 is 14.3 Å². The predicted octanol–water partition coefficient (Wildman–Crippen LogP) is 4.52. The molecule has 0 spiro atoms. The summed E-state index contributed by atoms with van der Waals surface area (Å²) in [5.41, 5.74) is 2.00. The van der Waals surface area contributed by atoms with E-state index in [9.17, 15) is 9.59 Å². The number of amides is 2. The Kier molecular flexibility index (Phi) is 6.58. The number of carbonyl (C=O) groups excluding carboxylic acids is 2. The van der Waals surface area contributed by atoms with Crippen LogP contribution >= 0.6 is 23.2 Å². The molecule has 31 heavy (non-hydrogen) atoms. The standard InChI is InChI=1S/C23H25Cl2N3O3/c1-15-9-10-16(24)22(21(15)25)26-20(29)14-28-13-19(23(30)27-11-5-2-6-12-27)31-18-8-4-3-7-17(18)28/h3-4,7-10,19H,2,5-6,11-14H2,1H3,(H,26,29)/t19-/m0/s1. The Labute approximate surface area is 192 Å². The monoisotopic (exact) mass is 461 g/mol. The van der Waals surface area contributed by atoms with Crippen molar-refractivity contribution in [3.05, 3.63) is 52.0 Å². The number of likely N-dealkylation sites (tertiary alicyclic amines) is 1. The van der Waals surface area contributed by atoms with Gasteiger partial charge in [0.2, 0.25) is 5.91 Å². The highest BCUT2D eigenvalue weighted by Gasteiger charge is 2.34. The Morgan fingerprint density at radius 3 is 2.61 bits per heavy atom. The third kappa shape index (κ3) is 4.75. The van der Waals surface area contributed by atoms with Gasteiger partial charge in [-0.3, -0.25) is 9.59 Å². The average molecular weight is 462 g/mol. The maximum absolute atomic E-state index is 13.1. The van der Waals surface area contributed by atoms with Crippen molar-refractivity contribution in [3.8, 4) is 5.75 Å². The van der Waals surface area contributed by atoms with E-state index in [1.54, 1.807) is 12.1 Å². The number of fused-ring (bicyclic) bond motifs is 1. The number of halogens is 2. The number of rotatable bonds is 4. The Bertz CT molecular complexity index is 992. The summed E-state index contributed by atoms with van der Waals surface area (Å²) >= 11 is 12.6. The molecule has 2 aromatic rings. The van der Waals surface area contributed by atoms with Crippen molar-refractivity contribution in [2.45, 2.75) is 32.3 Å². The molecule has 1 fully saturated rings. The highest BCUT2D eigenvalue weighted by atomic mass is 35.5. The normalized spacial score (nSPS) is 18.2. The van der Waals surface area contributed by atoms with E-state index < -0.39 is 6.10 Å². The molecule has 0 unspecified atom stereocenters. The first-order valence-corrected chi connectivity index (χ1v) is 11.2. The number of hydrogen-bond acceptors (Lipinski definition) is 4. The first kappa shape index (κ1) is 21.8. The smallest absolute Gasteiger partial charge is 0.265 e. The van der Waals surface area contributed by atoms with Gasteiger partial charge in [-0.2, -0.15) is 0 Å². The lowest BCUT2D eigenvalue weighted by Gasteiger charge is -2.38. The van der Waals surface area contributed by atoms with Gasteiger partial charge in [-0.1, -0.05) is 41.4 Å². The predicted molar refractivity (Wildman–Crippen MR) is 123 cm³/mol. The molecule has 1 atom stereocenters. The lowest BCUT2D eigenvalue weighted by atomic mass is 10.1. The molecular weight excluding hydrogens is 437 g/mol. The van der Waals surface area contributed by atoms with E-state index in [1.807, 2.05) is 41.0 Å². The summed E-state index contributed by atoms with van der Waals surface area (Å²) in [6.07, 6.45) is 2.53. The molecular formula is C23H25Cl2N3O3. The Hall–Kier alpha value is -2.44. The van der Waals surface area contributed by atoms with Crippen molar-refractivity contribution in [2.24, 2.45) is 0 Å². The summed E-state index contributed by atoms with van der Waals surface area (Å²) in [6.45, 7) is 3.71. The molecule has 6 nitrogen and oxygen atoms in total. The van der Waals surface area contributed by atoms with E-state index in [0.29, 0.717) is 28.0 Å². The van der Waals surface area contributed by atoms with Crippen LogP contribution in [0, 0.1) is 6.92 Å².